The zero-order valence-electron chi connectivity index (χ0n) is 11.3. The van der Waals surface area contributed by atoms with Gasteiger partial charge in [-0.25, -0.2) is 17.5 Å². The van der Waals surface area contributed by atoms with Crippen molar-refractivity contribution in [3.8, 4) is 0 Å². The number of hydrogen-bond donors (Lipinski definition) is 2. The molecule has 0 fully saturated rings. The van der Waals surface area contributed by atoms with E-state index in [4.69, 9.17) is 11.6 Å². The van der Waals surface area contributed by atoms with E-state index in [1.807, 2.05) is 12.1 Å². The van der Waals surface area contributed by atoms with Crippen LogP contribution < -0.4 is 4.72 Å². The molecule has 2 unspecified atom stereocenters. The lowest BCUT2D eigenvalue weighted by Crippen LogP contribution is -2.33. The maximum atomic E-state index is 13.2. The van der Waals surface area contributed by atoms with E-state index in [1.54, 1.807) is 12.1 Å². The highest BCUT2D eigenvalue weighted by Crippen LogP contribution is 2.32. The fourth-order valence-electron chi connectivity index (χ4n) is 2.60. The number of fused-ring (bicyclic) bond motifs is 1. The van der Waals surface area contributed by atoms with E-state index >= 15 is 0 Å². The number of hydrogen-bond acceptors (Lipinski definition) is 3. The van der Waals surface area contributed by atoms with E-state index < -0.39 is 28.0 Å². The Hall–Kier alpha value is -1.47. The van der Waals surface area contributed by atoms with E-state index in [9.17, 15) is 17.9 Å². The lowest BCUT2D eigenvalue weighted by Gasteiger charge is -2.18. The highest BCUT2D eigenvalue weighted by molar-refractivity contribution is 7.89. The molecular weight excluding hydrogens is 329 g/mol. The summed E-state index contributed by atoms with van der Waals surface area (Å²) in [7, 11) is -3.92. The predicted octanol–water partition coefficient (Wildman–Crippen LogP) is 2.42. The van der Waals surface area contributed by atoms with Crippen LogP contribution in [0.3, 0.4) is 0 Å². The first-order valence-electron chi connectivity index (χ1n) is 6.62. The highest BCUT2D eigenvalue weighted by Gasteiger charge is 2.34. The molecule has 1 aliphatic rings. The van der Waals surface area contributed by atoms with Crippen LogP contribution in [0, 0.1) is 5.82 Å². The minimum Gasteiger partial charge on any atom is -0.391 e. The number of halogens is 2. The number of sulfonamides is 1. The van der Waals surface area contributed by atoms with Gasteiger partial charge in [0.05, 0.1) is 22.1 Å². The van der Waals surface area contributed by atoms with Gasteiger partial charge in [0.15, 0.2) is 0 Å². The third-order valence-electron chi connectivity index (χ3n) is 3.69. The van der Waals surface area contributed by atoms with Gasteiger partial charge in [-0.2, -0.15) is 0 Å². The summed E-state index contributed by atoms with van der Waals surface area (Å²) in [6.07, 6.45) is -0.462. The fourth-order valence-corrected chi connectivity index (χ4v) is 4.12. The Morgan fingerprint density at radius 2 is 1.95 bits per heavy atom. The third kappa shape index (κ3) is 2.75. The predicted molar refractivity (Wildman–Crippen MR) is 80.6 cm³/mol. The minimum atomic E-state index is -3.92. The summed E-state index contributed by atoms with van der Waals surface area (Å²) in [5, 5.41) is 9.84. The van der Waals surface area contributed by atoms with Gasteiger partial charge in [-0.05, 0) is 29.3 Å². The Balaban J connectivity index is 1.93. The molecule has 3 rings (SSSR count). The fraction of sp³-hybridized carbons (Fsp3) is 0.200. The van der Waals surface area contributed by atoms with Crippen LogP contribution in [0.5, 0.6) is 0 Å². The molecule has 0 bridgehead atoms. The minimum absolute atomic E-state index is 0.143. The van der Waals surface area contributed by atoms with Gasteiger partial charge < -0.3 is 5.11 Å². The third-order valence-corrected chi connectivity index (χ3v) is 5.42. The Morgan fingerprint density at radius 3 is 2.68 bits per heavy atom. The van der Waals surface area contributed by atoms with E-state index in [1.165, 1.54) is 0 Å². The molecule has 116 valence electrons. The largest absolute Gasteiger partial charge is 0.391 e. The smallest absolute Gasteiger partial charge is 0.241 e. The quantitative estimate of drug-likeness (QED) is 0.901. The molecule has 0 heterocycles. The summed E-state index contributed by atoms with van der Waals surface area (Å²) in [5.41, 5.74) is 1.65. The second-order valence-electron chi connectivity index (χ2n) is 5.15. The van der Waals surface area contributed by atoms with Crippen molar-refractivity contribution in [1.29, 1.82) is 0 Å². The first-order chi connectivity index (χ1) is 10.4. The van der Waals surface area contributed by atoms with Gasteiger partial charge in [-0.15, -0.1) is 0 Å². The zero-order valence-corrected chi connectivity index (χ0v) is 12.9. The van der Waals surface area contributed by atoms with Gasteiger partial charge in [0.25, 0.3) is 0 Å². The summed E-state index contributed by atoms with van der Waals surface area (Å²) in [5.74, 6) is -0.688. The molecule has 2 N–H and O–H groups in total. The van der Waals surface area contributed by atoms with Crippen LogP contribution in [0.2, 0.25) is 5.02 Å². The van der Waals surface area contributed by atoms with Gasteiger partial charge in [0.1, 0.15) is 5.82 Å². The lowest BCUT2D eigenvalue weighted by molar-refractivity contribution is 0.151. The molecule has 0 radical (unpaired) electrons. The van der Waals surface area contributed by atoms with Crippen molar-refractivity contribution in [2.75, 3.05) is 0 Å². The molecule has 0 saturated carbocycles. The SMILES string of the molecule is O=S(=O)(NC1c2ccccc2CC1O)c1ccc(F)c(Cl)c1. The van der Waals surface area contributed by atoms with Crippen molar-refractivity contribution in [2.45, 2.75) is 23.5 Å². The Bertz CT molecular complexity index is 825. The molecule has 2 aromatic rings. The maximum Gasteiger partial charge on any atom is 0.241 e. The van der Waals surface area contributed by atoms with Gasteiger partial charge in [-0.1, -0.05) is 35.9 Å². The average Bonchev–Trinajstić information content (AvgIpc) is 2.78. The van der Waals surface area contributed by atoms with Gasteiger partial charge in [-0.3, -0.25) is 0 Å². The number of rotatable bonds is 3. The van der Waals surface area contributed by atoms with Crippen molar-refractivity contribution in [1.82, 2.24) is 4.72 Å². The average molecular weight is 342 g/mol. The molecule has 22 heavy (non-hydrogen) atoms. The topological polar surface area (TPSA) is 66.4 Å². The monoisotopic (exact) mass is 341 g/mol. The Kier molecular flexibility index (Phi) is 3.94. The molecule has 0 spiro atoms. The summed E-state index contributed by atoms with van der Waals surface area (Å²) in [4.78, 5) is -0.143. The normalized spacial score (nSPS) is 20.9. The van der Waals surface area contributed by atoms with Gasteiger partial charge >= 0.3 is 0 Å². The van der Waals surface area contributed by atoms with E-state index in [0.29, 0.717) is 6.42 Å². The van der Waals surface area contributed by atoms with E-state index in [-0.39, 0.29) is 9.92 Å². The molecule has 0 amide bonds. The lowest BCUT2D eigenvalue weighted by atomic mass is 10.1. The molecule has 0 aromatic heterocycles. The molecule has 1 aliphatic carbocycles. The summed E-state index contributed by atoms with van der Waals surface area (Å²) < 4.78 is 40.4. The first-order valence-corrected chi connectivity index (χ1v) is 8.48. The van der Waals surface area contributed by atoms with E-state index in [0.717, 1.165) is 29.3 Å². The maximum absolute atomic E-state index is 13.2. The molecule has 0 aliphatic heterocycles. The molecule has 7 heteroatoms. The van der Waals surface area contributed by atoms with Crippen molar-refractivity contribution < 1.29 is 17.9 Å². The van der Waals surface area contributed by atoms with Gasteiger partial charge in [0, 0.05) is 6.42 Å². The van der Waals surface area contributed by atoms with Crippen LogP contribution in [0.25, 0.3) is 0 Å². The van der Waals surface area contributed by atoms with Crippen LogP contribution in [0.4, 0.5) is 4.39 Å². The molecule has 2 aromatic carbocycles. The number of aliphatic hydroxyl groups excluding tert-OH is 1. The second-order valence-corrected chi connectivity index (χ2v) is 7.27. The van der Waals surface area contributed by atoms with Crippen molar-refractivity contribution >= 4 is 21.6 Å². The summed E-state index contributed by atoms with van der Waals surface area (Å²) >= 11 is 5.63. The zero-order chi connectivity index (χ0) is 15.9. The van der Waals surface area contributed by atoms with Crippen LogP contribution in [-0.4, -0.2) is 19.6 Å². The molecule has 2 atom stereocenters. The first kappa shape index (κ1) is 15.4. The standard InChI is InChI=1S/C15H13ClFNO3S/c16-12-8-10(5-6-13(12)17)22(20,21)18-15-11-4-2-1-3-9(11)7-14(15)19/h1-6,8,14-15,18-19H,7H2. The van der Waals surface area contributed by atoms with Crippen LogP contribution >= 0.6 is 11.6 Å². The van der Waals surface area contributed by atoms with Crippen molar-refractivity contribution in [3.63, 3.8) is 0 Å². The van der Waals surface area contributed by atoms with Crippen molar-refractivity contribution in [3.05, 3.63) is 64.4 Å². The Labute approximate surface area is 132 Å². The molecular formula is C15H13ClFNO3S. The second kappa shape index (κ2) is 5.62. The van der Waals surface area contributed by atoms with Gasteiger partial charge in [0.2, 0.25) is 10.0 Å². The number of nitrogens with one attached hydrogen (secondary N) is 1. The van der Waals surface area contributed by atoms with E-state index in [2.05, 4.69) is 4.72 Å². The molecule has 0 saturated heterocycles. The summed E-state index contributed by atoms with van der Waals surface area (Å²) in [6, 6.07) is 9.69. The molecule has 4 nitrogen and oxygen atoms in total. The van der Waals surface area contributed by atoms with Crippen LogP contribution in [-0.2, 0) is 16.4 Å². The highest BCUT2D eigenvalue weighted by atomic mass is 35.5. The van der Waals surface area contributed by atoms with Crippen LogP contribution in [0.15, 0.2) is 47.4 Å². The van der Waals surface area contributed by atoms with Crippen LogP contribution in [0.1, 0.15) is 17.2 Å². The summed E-state index contributed by atoms with van der Waals surface area (Å²) in [6.45, 7) is 0. The Morgan fingerprint density at radius 1 is 1.23 bits per heavy atom. The van der Waals surface area contributed by atoms with Crippen molar-refractivity contribution in [2.24, 2.45) is 0 Å². The number of benzene rings is 2. The number of aliphatic hydroxyl groups is 1.